The molecule has 0 bridgehead atoms. The number of hydrogen-bond acceptors (Lipinski definition) is 3. The Hall–Kier alpha value is -3.80. The van der Waals surface area contributed by atoms with Crippen molar-refractivity contribution >= 4 is 16.7 Å². The van der Waals surface area contributed by atoms with Crippen LogP contribution in [0.2, 0.25) is 0 Å². The summed E-state index contributed by atoms with van der Waals surface area (Å²) in [5.74, 6) is -0.574. The largest absolute Gasteiger partial charge is 0.330 e. The Morgan fingerprint density at radius 1 is 1.03 bits per heavy atom. The molecule has 1 unspecified atom stereocenters. The van der Waals surface area contributed by atoms with E-state index < -0.39 is 0 Å². The topological polar surface area (TPSA) is 55.2 Å². The third-order valence-electron chi connectivity index (χ3n) is 6.15. The first-order chi connectivity index (χ1) is 15.5. The second-order valence-corrected chi connectivity index (χ2v) is 8.11. The van der Waals surface area contributed by atoms with Gasteiger partial charge < -0.3 is 4.90 Å². The fourth-order valence-electron chi connectivity index (χ4n) is 4.45. The fraction of sp³-hybridized carbons (Fsp3) is 0.192. The van der Waals surface area contributed by atoms with E-state index in [2.05, 4.69) is 5.10 Å². The maximum Gasteiger partial charge on any atom is 0.275 e. The number of aromatic nitrogens is 2. The Kier molecular flexibility index (Phi) is 5.05. The highest BCUT2D eigenvalue weighted by atomic mass is 19.1. The summed E-state index contributed by atoms with van der Waals surface area (Å²) in [6.07, 6.45) is 0.646. The fourth-order valence-corrected chi connectivity index (χ4v) is 4.45. The number of amides is 1. The molecule has 6 heteroatoms. The molecule has 1 aromatic heterocycles. The van der Waals surface area contributed by atoms with Crippen molar-refractivity contribution in [2.75, 3.05) is 6.54 Å². The molecular formula is C26H22FN3O2. The predicted octanol–water partition coefficient (Wildman–Crippen LogP) is 4.34. The van der Waals surface area contributed by atoms with Crippen molar-refractivity contribution in [3.8, 4) is 0 Å². The van der Waals surface area contributed by atoms with Crippen LogP contribution in [0.25, 0.3) is 10.8 Å². The van der Waals surface area contributed by atoms with E-state index in [9.17, 15) is 14.0 Å². The lowest BCUT2D eigenvalue weighted by atomic mass is 9.93. The van der Waals surface area contributed by atoms with E-state index in [-0.39, 0.29) is 35.6 Å². The lowest BCUT2D eigenvalue weighted by Crippen LogP contribution is -2.40. The van der Waals surface area contributed by atoms with Crippen LogP contribution in [-0.2, 0) is 13.0 Å². The van der Waals surface area contributed by atoms with Gasteiger partial charge in [0.25, 0.3) is 11.5 Å². The van der Waals surface area contributed by atoms with Crippen LogP contribution in [0.3, 0.4) is 0 Å². The minimum atomic E-state index is -0.315. The van der Waals surface area contributed by atoms with Gasteiger partial charge in [-0.25, -0.2) is 9.07 Å². The maximum atomic E-state index is 13.9. The van der Waals surface area contributed by atoms with Crippen LogP contribution in [0.1, 0.15) is 40.1 Å². The molecule has 32 heavy (non-hydrogen) atoms. The van der Waals surface area contributed by atoms with Crippen LogP contribution >= 0.6 is 0 Å². The maximum absolute atomic E-state index is 13.9. The normalized spacial score (nSPS) is 15.6. The van der Waals surface area contributed by atoms with E-state index in [1.807, 2.05) is 37.3 Å². The highest BCUT2D eigenvalue weighted by molar-refractivity contribution is 6.05. The zero-order valence-corrected chi connectivity index (χ0v) is 17.7. The second kappa shape index (κ2) is 8.04. The van der Waals surface area contributed by atoms with Crippen LogP contribution in [0, 0.1) is 5.82 Å². The SMILES string of the molecule is CC1c2cc(F)ccc2CCN1C(=O)c1nn(Cc2ccccc2)c(=O)c2ccccc12. The molecule has 1 aliphatic rings. The van der Waals surface area contributed by atoms with Crippen molar-refractivity contribution < 1.29 is 9.18 Å². The Morgan fingerprint density at radius 3 is 2.53 bits per heavy atom. The number of rotatable bonds is 3. The average molecular weight is 427 g/mol. The van der Waals surface area contributed by atoms with Gasteiger partial charge in [0.15, 0.2) is 5.69 Å². The van der Waals surface area contributed by atoms with E-state index in [1.165, 1.54) is 16.8 Å². The monoisotopic (exact) mass is 427 g/mol. The zero-order valence-electron chi connectivity index (χ0n) is 17.7. The zero-order chi connectivity index (χ0) is 22.2. The number of benzene rings is 3. The number of carbonyl (C=O) groups is 1. The molecule has 2 heterocycles. The number of fused-ring (bicyclic) bond motifs is 2. The second-order valence-electron chi connectivity index (χ2n) is 8.11. The van der Waals surface area contributed by atoms with Gasteiger partial charge in [0.05, 0.1) is 18.0 Å². The summed E-state index contributed by atoms with van der Waals surface area (Å²) in [5, 5.41) is 5.51. The van der Waals surface area contributed by atoms with Crippen molar-refractivity contribution in [1.82, 2.24) is 14.7 Å². The summed E-state index contributed by atoms with van der Waals surface area (Å²) < 4.78 is 15.2. The Labute approximate surface area is 184 Å². The van der Waals surface area contributed by atoms with Crippen LogP contribution in [0.15, 0.2) is 77.6 Å². The summed E-state index contributed by atoms with van der Waals surface area (Å²) in [6.45, 7) is 2.68. The van der Waals surface area contributed by atoms with Gasteiger partial charge in [0.1, 0.15) is 5.82 Å². The average Bonchev–Trinajstić information content (AvgIpc) is 2.82. The van der Waals surface area contributed by atoms with Crippen molar-refractivity contribution in [2.45, 2.75) is 25.9 Å². The van der Waals surface area contributed by atoms with E-state index in [1.54, 1.807) is 35.2 Å². The van der Waals surface area contributed by atoms with Crippen LogP contribution in [0.4, 0.5) is 4.39 Å². The smallest absolute Gasteiger partial charge is 0.275 e. The quantitative estimate of drug-likeness (QED) is 0.489. The number of carbonyl (C=O) groups excluding carboxylic acids is 1. The van der Waals surface area contributed by atoms with Crippen LogP contribution in [-0.4, -0.2) is 27.1 Å². The Morgan fingerprint density at radius 2 is 1.75 bits per heavy atom. The highest BCUT2D eigenvalue weighted by Gasteiger charge is 2.31. The molecule has 0 fully saturated rings. The summed E-state index contributed by atoms with van der Waals surface area (Å²) in [5.41, 5.74) is 2.79. The third kappa shape index (κ3) is 3.47. The first kappa shape index (κ1) is 20.1. The molecule has 160 valence electrons. The van der Waals surface area contributed by atoms with Crippen molar-refractivity contribution in [3.05, 3.63) is 111 Å². The molecule has 4 aromatic rings. The molecule has 0 radical (unpaired) electrons. The Balaban J connectivity index is 1.59. The van der Waals surface area contributed by atoms with Gasteiger partial charge in [-0.3, -0.25) is 9.59 Å². The molecular weight excluding hydrogens is 405 g/mol. The van der Waals surface area contributed by atoms with E-state index in [0.717, 1.165) is 16.7 Å². The molecule has 0 saturated heterocycles. The van der Waals surface area contributed by atoms with Crippen molar-refractivity contribution in [3.63, 3.8) is 0 Å². The summed E-state index contributed by atoms with van der Waals surface area (Å²) in [4.78, 5) is 28.5. The van der Waals surface area contributed by atoms with Crippen molar-refractivity contribution in [2.24, 2.45) is 0 Å². The van der Waals surface area contributed by atoms with Gasteiger partial charge in [-0.15, -0.1) is 0 Å². The molecule has 1 aliphatic heterocycles. The molecule has 0 saturated carbocycles. The standard InChI is InChI=1S/C26H22FN3O2/c1-17-23-15-20(27)12-11-19(23)13-14-29(17)26(32)24-21-9-5-6-10-22(21)25(31)30(28-24)16-18-7-3-2-4-8-18/h2-12,15,17H,13-14,16H2,1H3. The van der Waals surface area contributed by atoms with Crippen LogP contribution < -0.4 is 5.56 Å². The Bertz CT molecular complexity index is 1380. The van der Waals surface area contributed by atoms with E-state index >= 15 is 0 Å². The molecule has 0 aliphatic carbocycles. The first-order valence-electron chi connectivity index (χ1n) is 10.7. The molecule has 5 nitrogen and oxygen atoms in total. The van der Waals surface area contributed by atoms with Gasteiger partial charge >= 0.3 is 0 Å². The molecule has 1 amide bonds. The minimum Gasteiger partial charge on any atom is -0.330 e. The van der Waals surface area contributed by atoms with Gasteiger partial charge in [-0.2, -0.15) is 5.10 Å². The van der Waals surface area contributed by atoms with Crippen molar-refractivity contribution in [1.29, 1.82) is 0 Å². The molecule has 1 atom stereocenters. The van der Waals surface area contributed by atoms with Crippen LogP contribution in [0.5, 0.6) is 0 Å². The highest BCUT2D eigenvalue weighted by Crippen LogP contribution is 2.31. The lowest BCUT2D eigenvalue weighted by Gasteiger charge is -2.35. The molecule has 0 spiro atoms. The first-order valence-corrected chi connectivity index (χ1v) is 10.7. The van der Waals surface area contributed by atoms with Gasteiger partial charge in [-0.1, -0.05) is 54.6 Å². The van der Waals surface area contributed by atoms with E-state index in [4.69, 9.17) is 0 Å². The summed E-state index contributed by atoms with van der Waals surface area (Å²) >= 11 is 0. The lowest BCUT2D eigenvalue weighted by molar-refractivity contribution is 0.0670. The van der Waals surface area contributed by atoms with Gasteiger partial charge in [0, 0.05) is 11.9 Å². The van der Waals surface area contributed by atoms with E-state index in [0.29, 0.717) is 23.7 Å². The molecule has 5 rings (SSSR count). The minimum absolute atomic E-state index is 0.236. The molecule has 0 N–H and O–H groups in total. The third-order valence-corrected chi connectivity index (χ3v) is 6.15. The summed E-state index contributed by atoms with van der Waals surface area (Å²) in [6, 6.07) is 21.1. The predicted molar refractivity (Wildman–Crippen MR) is 121 cm³/mol. The summed E-state index contributed by atoms with van der Waals surface area (Å²) in [7, 11) is 0. The van der Waals surface area contributed by atoms with Gasteiger partial charge in [0.2, 0.25) is 0 Å². The van der Waals surface area contributed by atoms with Gasteiger partial charge in [-0.05, 0) is 48.2 Å². The number of hydrogen-bond donors (Lipinski definition) is 0. The molecule has 3 aromatic carbocycles. The number of halogens is 1. The number of nitrogens with zero attached hydrogens (tertiary/aromatic N) is 3.